The van der Waals surface area contributed by atoms with Crippen molar-refractivity contribution >= 4 is 10.0 Å². The molecule has 2 aromatic rings. The molecular weight excluding hydrogens is 328 g/mol. The quantitative estimate of drug-likeness (QED) is 0.813. The van der Waals surface area contributed by atoms with Gasteiger partial charge in [-0.2, -0.15) is 4.31 Å². The Morgan fingerprint density at radius 2 is 1.83 bits per heavy atom. The molecule has 0 saturated carbocycles. The highest BCUT2D eigenvalue weighted by atomic mass is 32.2. The van der Waals surface area contributed by atoms with Crippen LogP contribution in [0.5, 0.6) is 0 Å². The van der Waals surface area contributed by atoms with Crippen LogP contribution in [0.4, 0.5) is 0 Å². The van der Waals surface area contributed by atoms with E-state index in [4.69, 9.17) is 4.42 Å². The largest absolute Gasteiger partial charge is 0.465 e. The first kappa shape index (κ1) is 17.2. The summed E-state index contributed by atoms with van der Waals surface area (Å²) in [6, 6.07) is 4.00. The summed E-state index contributed by atoms with van der Waals surface area (Å²) < 4.78 is 34.3. The Hall–Kier alpha value is -1.64. The number of aryl methyl sites for hydroxylation is 3. The molecule has 132 valence electrons. The molecule has 0 radical (unpaired) electrons. The highest BCUT2D eigenvalue weighted by Gasteiger charge is 2.30. The van der Waals surface area contributed by atoms with Gasteiger partial charge in [-0.15, -0.1) is 0 Å². The van der Waals surface area contributed by atoms with E-state index < -0.39 is 10.0 Å². The summed E-state index contributed by atoms with van der Waals surface area (Å²) >= 11 is 0. The van der Waals surface area contributed by atoms with Crippen molar-refractivity contribution in [2.45, 2.75) is 31.8 Å². The third-order valence-electron chi connectivity index (χ3n) is 4.47. The molecule has 0 amide bonds. The Labute approximate surface area is 142 Å². The van der Waals surface area contributed by atoms with E-state index in [1.165, 1.54) is 4.31 Å². The molecule has 8 heteroatoms. The number of aromatic nitrogens is 2. The smallest absolute Gasteiger partial charge is 0.262 e. The minimum Gasteiger partial charge on any atom is -0.465 e. The lowest BCUT2D eigenvalue weighted by atomic mass is 10.3. The van der Waals surface area contributed by atoms with Crippen molar-refractivity contribution in [1.29, 1.82) is 0 Å². The van der Waals surface area contributed by atoms with E-state index in [1.807, 2.05) is 12.1 Å². The van der Waals surface area contributed by atoms with Gasteiger partial charge in [-0.25, -0.2) is 13.4 Å². The van der Waals surface area contributed by atoms with Crippen molar-refractivity contribution in [3.8, 4) is 0 Å². The molecule has 1 fully saturated rings. The Balaban J connectivity index is 1.62. The maximum atomic E-state index is 12.7. The van der Waals surface area contributed by atoms with E-state index in [9.17, 15) is 8.42 Å². The molecular formula is C16H24N4O3S. The molecule has 7 nitrogen and oxygen atoms in total. The Morgan fingerprint density at radius 3 is 2.38 bits per heavy atom. The lowest BCUT2D eigenvalue weighted by Gasteiger charge is -2.32. The molecule has 0 N–H and O–H groups in total. The van der Waals surface area contributed by atoms with Crippen LogP contribution in [0.3, 0.4) is 0 Å². The standard InChI is InChI=1S/C16H24N4O3S/c1-4-14-5-6-15(23-14)11-19-7-9-20(10-8-19)24(21,22)16-12-18(3)13(2)17-16/h5-6,12H,4,7-11H2,1-3H3. The molecule has 0 spiro atoms. The van der Waals surface area contributed by atoms with Gasteiger partial charge in [0.25, 0.3) is 10.0 Å². The predicted molar refractivity (Wildman–Crippen MR) is 90.1 cm³/mol. The Bertz CT molecular complexity index is 782. The topological polar surface area (TPSA) is 71.6 Å². The number of hydrogen-bond donors (Lipinski definition) is 0. The van der Waals surface area contributed by atoms with Gasteiger partial charge < -0.3 is 8.98 Å². The van der Waals surface area contributed by atoms with E-state index in [2.05, 4.69) is 16.8 Å². The lowest BCUT2D eigenvalue weighted by molar-refractivity contribution is 0.170. The maximum absolute atomic E-state index is 12.7. The van der Waals surface area contributed by atoms with E-state index in [-0.39, 0.29) is 5.03 Å². The summed E-state index contributed by atoms with van der Waals surface area (Å²) in [5.41, 5.74) is 0. The van der Waals surface area contributed by atoms with E-state index in [0.717, 1.165) is 24.5 Å². The summed E-state index contributed by atoms with van der Waals surface area (Å²) in [5.74, 6) is 2.61. The van der Waals surface area contributed by atoms with Gasteiger partial charge in [-0.3, -0.25) is 4.90 Å². The predicted octanol–water partition coefficient (Wildman–Crippen LogP) is 1.39. The average molecular weight is 352 g/mol. The zero-order chi connectivity index (χ0) is 17.3. The summed E-state index contributed by atoms with van der Waals surface area (Å²) in [6.07, 6.45) is 2.46. The van der Waals surface area contributed by atoms with Gasteiger partial charge in [0.1, 0.15) is 17.3 Å². The van der Waals surface area contributed by atoms with Crippen LogP contribution < -0.4 is 0 Å². The fourth-order valence-corrected chi connectivity index (χ4v) is 4.28. The summed E-state index contributed by atoms with van der Waals surface area (Å²) in [5, 5.41) is 0.134. The van der Waals surface area contributed by atoms with Gasteiger partial charge in [0, 0.05) is 45.8 Å². The number of imidazole rings is 1. The van der Waals surface area contributed by atoms with Crippen molar-refractivity contribution in [3.05, 3.63) is 35.7 Å². The van der Waals surface area contributed by atoms with Gasteiger partial charge in [0.15, 0.2) is 5.03 Å². The van der Waals surface area contributed by atoms with Crippen LogP contribution in [0.2, 0.25) is 0 Å². The van der Waals surface area contributed by atoms with Crippen LogP contribution in [0.15, 0.2) is 27.8 Å². The fraction of sp³-hybridized carbons (Fsp3) is 0.562. The SMILES string of the molecule is CCc1ccc(CN2CCN(S(=O)(=O)c3cn(C)c(C)n3)CC2)o1. The molecule has 3 heterocycles. The molecule has 1 aliphatic rings. The van der Waals surface area contributed by atoms with Crippen molar-refractivity contribution < 1.29 is 12.8 Å². The van der Waals surface area contributed by atoms with Gasteiger partial charge >= 0.3 is 0 Å². The highest BCUT2D eigenvalue weighted by Crippen LogP contribution is 2.18. The summed E-state index contributed by atoms with van der Waals surface area (Å²) in [6.45, 7) is 6.89. The number of hydrogen-bond acceptors (Lipinski definition) is 5. The van der Waals surface area contributed by atoms with E-state index in [0.29, 0.717) is 32.0 Å². The molecule has 0 aromatic carbocycles. The molecule has 2 aromatic heterocycles. The monoisotopic (exact) mass is 352 g/mol. The molecule has 0 bridgehead atoms. The van der Waals surface area contributed by atoms with Crippen LogP contribution in [-0.2, 0) is 30.0 Å². The highest BCUT2D eigenvalue weighted by molar-refractivity contribution is 7.89. The zero-order valence-electron chi connectivity index (χ0n) is 14.4. The third-order valence-corrected chi connectivity index (χ3v) is 6.24. The fourth-order valence-electron chi connectivity index (χ4n) is 2.83. The minimum absolute atomic E-state index is 0.134. The van der Waals surface area contributed by atoms with Crippen molar-refractivity contribution in [1.82, 2.24) is 18.8 Å². The Kier molecular flexibility index (Phi) is 4.80. The molecule has 1 saturated heterocycles. The number of furan rings is 1. The molecule has 24 heavy (non-hydrogen) atoms. The van der Waals surface area contributed by atoms with Gasteiger partial charge in [0.05, 0.1) is 6.54 Å². The summed E-state index contributed by atoms with van der Waals surface area (Å²) in [7, 11) is -1.71. The van der Waals surface area contributed by atoms with Gasteiger partial charge in [-0.1, -0.05) is 6.92 Å². The maximum Gasteiger partial charge on any atom is 0.262 e. The first-order chi connectivity index (χ1) is 11.4. The van der Waals surface area contributed by atoms with Crippen molar-refractivity contribution in [2.75, 3.05) is 26.2 Å². The van der Waals surface area contributed by atoms with Crippen LogP contribution in [0.25, 0.3) is 0 Å². The molecule has 3 rings (SSSR count). The first-order valence-corrected chi connectivity index (χ1v) is 9.64. The van der Waals surface area contributed by atoms with Gasteiger partial charge in [0.2, 0.25) is 0 Å². The molecule has 0 aliphatic carbocycles. The number of piperazine rings is 1. The molecule has 0 atom stereocenters. The number of sulfonamides is 1. The van der Waals surface area contributed by atoms with E-state index in [1.54, 1.807) is 24.7 Å². The normalized spacial score (nSPS) is 17.5. The first-order valence-electron chi connectivity index (χ1n) is 8.20. The second-order valence-electron chi connectivity index (χ2n) is 6.14. The van der Waals surface area contributed by atoms with Crippen molar-refractivity contribution in [3.63, 3.8) is 0 Å². The van der Waals surface area contributed by atoms with E-state index >= 15 is 0 Å². The minimum atomic E-state index is -3.51. The second kappa shape index (κ2) is 6.70. The molecule has 0 unspecified atom stereocenters. The van der Waals surface area contributed by atoms with Crippen LogP contribution in [0, 0.1) is 6.92 Å². The van der Waals surface area contributed by atoms with Crippen molar-refractivity contribution in [2.24, 2.45) is 7.05 Å². The summed E-state index contributed by atoms with van der Waals surface area (Å²) in [4.78, 5) is 6.38. The van der Waals surface area contributed by atoms with Crippen LogP contribution in [0.1, 0.15) is 24.3 Å². The molecule has 1 aliphatic heterocycles. The lowest BCUT2D eigenvalue weighted by Crippen LogP contribution is -2.48. The number of nitrogens with zero attached hydrogens (tertiary/aromatic N) is 4. The van der Waals surface area contributed by atoms with Crippen LogP contribution >= 0.6 is 0 Å². The zero-order valence-corrected chi connectivity index (χ0v) is 15.2. The second-order valence-corrected chi connectivity index (χ2v) is 8.02. The Morgan fingerprint density at radius 1 is 1.17 bits per heavy atom. The average Bonchev–Trinajstić information content (AvgIpc) is 3.15. The third kappa shape index (κ3) is 3.40. The van der Waals surface area contributed by atoms with Gasteiger partial charge in [-0.05, 0) is 19.1 Å². The number of rotatable bonds is 5. The van der Waals surface area contributed by atoms with Crippen LogP contribution in [-0.4, -0.2) is 53.4 Å².